The van der Waals surface area contributed by atoms with Crippen LogP contribution in [0.1, 0.15) is 40.7 Å². The Bertz CT molecular complexity index is 524. The van der Waals surface area contributed by atoms with Crippen molar-refractivity contribution in [3.63, 3.8) is 0 Å². The van der Waals surface area contributed by atoms with Crippen molar-refractivity contribution in [3.8, 4) is 0 Å². The normalized spacial score (nSPS) is 14.1. The Morgan fingerprint density at radius 1 is 1.26 bits per heavy atom. The van der Waals surface area contributed by atoms with E-state index < -0.39 is 0 Å². The summed E-state index contributed by atoms with van der Waals surface area (Å²) in [6, 6.07) is 5.96. The van der Waals surface area contributed by atoms with E-state index in [0.29, 0.717) is 5.56 Å². The number of ether oxygens (including phenoxy) is 1. The Balaban J connectivity index is 2.07. The minimum Gasteiger partial charge on any atom is -0.465 e. The maximum atomic E-state index is 11.6. The molecule has 0 N–H and O–H groups in total. The zero-order valence-electron chi connectivity index (χ0n) is 11.6. The Morgan fingerprint density at radius 3 is 2.79 bits per heavy atom. The minimum atomic E-state index is -0.259. The van der Waals surface area contributed by atoms with Gasteiger partial charge in [-0.2, -0.15) is 0 Å². The molecule has 1 aromatic rings. The Morgan fingerprint density at radius 2 is 2.11 bits per heavy atom. The average molecular weight is 256 g/mol. The molecule has 0 atom stereocenters. The summed E-state index contributed by atoms with van der Waals surface area (Å²) >= 11 is 0. The molecule has 0 radical (unpaired) electrons. The predicted octanol–water partition coefficient (Wildman–Crippen LogP) is 3.99. The lowest BCUT2D eigenvalue weighted by Gasteiger charge is -2.10. The number of carbonyl (C=O) groups is 1. The smallest absolute Gasteiger partial charge is 0.337 e. The van der Waals surface area contributed by atoms with Crippen LogP contribution in [-0.2, 0) is 11.2 Å². The first-order chi connectivity index (χ1) is 9.19. The predicted molar refractivity (Wildman–Crippen MR) is 77.3 cm³/mol. The number of hydrogen-bond donors (Lipinski definition) is 0. The zero-order valence-corrected chi connectivity index (χ0v) is 11.6. The molecule has 0 aliphatic heterocycles. The van der Waals surface area contributed by atoms with Crippen LogP contribution < -0.4 is 0 Å². The monoisotopic (exact) mass is 256 g/mol. The van der Waals surface area contributed by atoms with E-state index in [0.717, 1.165) is 31.2 Å². The number of methoxy groups -OCH3 is 1. The van der Waals surface area contributed by atoms with Crippen molar-refractivity contribution in [2.75, 3.05) is 7.11 Å². The van der Waals surface area contributed by atoms with Gasteiger partial charge in [0.05, 0.1) is 12.7 Å². The highest BCUT2D eigenvalue weighted by molar-refractivity contribution is 5.89. The lowest BCUT2D eigenvalue weighted by atomic mass is 9.96. The molecule has 0 heterocycles. The molecule has 0 unspecified atom stereocenters. The van der Waals surface area contributed by atoms with Gasteiger partial charge in [0.1, 0.15) is 0 Å². The number of allylic oxidation sites excluding steroid dienone is 4. The van der Waals surface area contributed by atoms with Crippen LogP contribution in [0.15, 0.2) is 42.0 Å². The topological polar surface area (TPSA) is 26.3 Å². The van der Waals surface area contributed by atoms with Gasteiger partial charge in [0.25, 0.3) is 0 Å². The van der Waals surface area contributed by atoms with Gasteiger partial charge in [-0.15, -0.1) is 0 Å². The molecule has 0 spiro atoms. The van der Waals surface area contributed by atoms with E-state index in [4.69, 9.17) is 4.74 Å². The molecule has 0 aromatic heterocycles. The maximum absolute atomic E-state index is 11.6. The molecule has 1 aliphatic rings. The standard InChI is InChI=1S/C17H20O2/c1-13-10-15(12-16(11-13)17(18)19-2)9-8-14-6-4-3-5-7-14/h3-4,6,10-12H,5,7-9H2,1-2H3. The molecule has 1 aromatic carbocycles. The van der Waals surface area contributed by atoms with E-state index in [1.54, 1.807) is 0 Å². The summed E-state index contributed by atoms with van der Waals surface area (Å²) in [5, 5.41) is 0. The number of benzene rings is 1. The summed E-state index contributed by atoms with van der Waals surface area (Å²) in [6.07, 6.45) is 10.9. The first kappa shape index (κ1) is 13.6. The second kappa shape index (κ2) is 6.37. The Labute approximate surface area is 114 Å². The van der Waals surface area contributed by atoms with Gasteiger partial charge in [-0.3, -0.25) is 0 Å². The summed E-state index contributed by atoms with van der Waals surface area (Å²) in [4.78, 5) is 11.6. The van der Waals surface area contributed by atoms with Gasteiger partial charge in [0, 0.05) is 0 Å². The van der Waals surface area contributed by atoms with Crippen LogP contribution in [0.4, 0.5) is 0 Å². The first-order valence-corrected chi connectivity index (χ1v) is 6.72. The van der Waals surface area contributed by atoms with E-state index in [-0.39, 0.29) is 5.97 Å². The van der Waals surface area contributed by atoms with Gasteiger partial charge >= 0.3 is 5.97 Å². The fourth-order valence-corrected chi connectivity index (χ4v) is 2.41. The van der Waals surface area contributed by atoms with Crippen LogP contribution in [-0.4, -0.2) is 13.1 Å². The van der Waals surface area contributed by atoms with E-state index in [1.165, 1.54) is 18.2 Å². The quantitative estimate of drug-likeness (QED) is 0.761. The highest BCUT2D eigenvalue weighted by atomic mass is 16.5. The summed E-state index contributed by atoms with van der Waals surface area (Å²) in [7, 11) is 1.42. The Kier molecular flexibility index (Phi) is 4.56. The van der Waals surface area contributed by atoms with Crippen LogP contribution in [0.25, 0.3) is 0 Å². The van der Waals surface area contributed by atoms with Crippen LogP contribution >= 0.6 is 0 Å². The fraction of sp³-hybridized carbons (Fsp3) is 0.353. The molecule has 0 fully saturated rings. The second-order valence-electron chi connectivity index (χ2n) is 4.99. The van der Waals surface area contributed by atoms with E-state index in [9.17, 15) is 4.79 Å². The molecule has 19 heavy (non-hydrogen) atoms. The van der Waals surface area contributed by atoms with Crippen molar-refractivity contribution in [1.82, 2.24) is 0 Å². The van der Waals surface area contributed by atoms with Crippen molar-refractivity contribution in [1.29, 1.82) is 0 Å². The number of esters is 1. The fourth-order valence-electron chi connectivity index (χ4n) is 2.41. The van der Waals surface area contributed by atoms with Crippen molar-refractivity contribution in [2.24, 2.45) is 0 Å². The third-order valence-electron chi connectivity index (χ3n) is 3.39. The summed E-state index contributed by atoms with van der Waals surface area (Å²) in [6.45, 7) is 2.01. The van der Waals surface area contributed by atoms with Crippen molar-refractivity contribution in [2.45, 2.75) is 32.6 Å². The Hall–Kier alpha value is -1.83. The zero-order chi connectivity index (χ0) is 13.7. The van der Waals surface area contributed by atoms with Gasteiger partial charge in [-0.1, -0.05) is 35.4 Å². The number of carbonyl (C=O) groups excluding carboxylic acids is 1. The molecule has 2 rings (SSSR count). The first-order valence-electron chi connectivity index (χ1n) is 6.72. The molecule has 2 heteroatoms. The average Bonchev–Trinajstić information content (AvgIpc) is 2.45. The summed E-state index contributed by atoms with van der Waals surface area (Å²) in [5.41, 5.74) is 4.45. The van der Waals surface area contributed by atoms with Crippen molar-refractivity contribution in [3.05, 3.63) is 58.7 Å². The van der Waals surface area contributed by atoms with Crippen LogP contribution in [0, 0.1) is 6.92 Å². The number of aryl methyl sites for hydroxylation is 2. The second-order valence-corrected chi connectivity index (χ2v) is 4.99. The summed E-state index contributed by atoms with van der Waals surface area (Å²) < 4.78 is 4.78. The van der Waals surface area contributed by atoms with Crippen LogP contribution in [0.5, 0.6) is 0 Å². The highest BCUT2D eigenvalue weighted by Gasteiger charge is 2.08. The number of hydrogen-bond acceptors (Lipinski definition) is 2. The van der Waals surface area contributed by atoms with E-state index in [2.05, 4.69) is 24.3 Å². The molecule has 1 aliphatic carbocycles. The minimum absolute atomic E-state index is 0.259. The van der Waals surface area contributed by atoms with Gasteiger partial charge in [-0.05, 0) is 50.3 Å². The molecule has 100 valence electrons. The van der Waals surface area contributed by atoms with E-state index in [1.807, 2.05) is 19.1 Å². The van der Waals surface area contributed by atoms with Crippen LogP contribution in [0.2, 0.25) is 0 Å². The summed E-state index contributed by atoms with van der Waals surface area (Å²) in [5.74, 6) is -0.259. The SMILES string of the molecule is COC(=O)c1cc(C)cc(CCC2=CC=CCC2)c1. The van der Waals surface area contributed by atoms with Gasteiger partial charge < -0.3 is 4.74 Å². The largest absolute Gasteiger partial charge is 0.465 e. The third-order valence-corrected chi connectivity index (χ3v) is 3.39. The van der Waals surface area contributed by atoms with Crippen LogP contribution in [0.3, 0.4) is 0 Å². The highest BCUT2D eigenvalue weighted by Crippen LogP contribution is 2.19. The molecular formula is C17H20O2. The van der Waals surface area contributed by atoms with Gasteiger partial charge in [0.2, 0.25) is 0 Å². The molecule has 0 bridgehead atoms. The molecular weight excluding hydrogens is 236 g/mol. The van der Waals surface area contributed by atoms with Crippen molar-refractivity contribution >= 4 is 5.97 Å². The number of rotatable bonds is 4. The van der Waals surface area contributed by atoms with Gasteiger partial charge in [-0.25, -0.2) is 4.79 Å². The molecule has 0 saturated carbocycles. The van der Waals surface area contributed by atoms with Crippen molar-refractivity contribution < 1.29 is 9.53 Å². The molecule has 0 amide bonds. The molecule has 0 saturated heterocycles. The lowest BCUT2D eigenvalue weighted by Crippen LogP contribution is -2.03. The maximum Gasteiger partial charge on any atom is 0.337 e. The lowest BCUT2D eigenvalue weighted by molar-refractivity contribution is 0.0600. The van der Waals surface area contributed by atoms with E-state index >= 15 is 0 Å². The molecule has 2 nitrogen and oxygen atoms in total. The van der Waals surface area contributed by atoms with Gasteiger partial charge in [0.15, 0.2) is 0 Å². The third kappa shape index (κ3) is 3.82.